The van der Waals surface area contributed by atoms with Gasteiger partial charge in [0.1, 0.15) is 24.3 Å². The maximum Gasteiger partial charge on any atom is 1.00 e. The summed E-state index contributed by atoms with van der Waals surface area (Å²) in [4.78, 5) is 26.0. The molecule has 8 rings (SSSR count). The van der Waals surface area contributed by atoms with Gasteiger partial charge in [-0.25, -0.2) is 9.59 Å². The zero-order chi connectivity index (χ0) is 52.4. The second-order valence-electron chi connectivity index (χ2n) is 23.1. The molecule has 9 atom stereocenters. The molecule has 4 aromatic carbocycles. The molecule has 1 unspecified atom stereocenters. The van der Waals surface area contributed by atoms with Crippen LogP contribution in [-0.4, -0.2) is 56.5 Å². The number of fused-ring (bicyclic) bond motifs is 5. The van der Waals surface area contributed by atoms with E-state index in [4.69, 9.17) is 32.7 Å². The van der Waals surface area contributed by atoms with Gasteiger partial charge in [-0.15, -0.1) is 0 Å². The van der Waals surface area contributed by atoms with Gasteiger partial charge in [0.15, 0.2) is 11.5 Å². The quantitative estimate of drug-likeness (QED) is 0.0470. The normalized spacial score (nSPS) is 25.4. The largest absolute Gasteiger partial charge is 1.00 e. The first-order valence-corrected chi connectivity index (χ1v) is 27.5. The summed E-state index contributed by atoms with van der Waals surface area (Å²) in [6.45, 7) is 12.3. The molecule has 6 N–H and O–H groups in total. The molecule has 0 bridgehead atoms. The first-order chi connectivity index (χ1) is 34.8. The average molecular weight is 1060 g/mol. The van der Waals surface area contributed by atoms with Gasteiger partial charge in [0.05, 0.1) is 10.0 Å². The van der Waals surface area contributed by atoms with Crippen molar-refractivity contribution in [3.8, 4) is 11.5 Å². The van der Waals surface area contributed by atoms with E-state index < -0.39 is 26.2 Å². The Balaban J connectivity index is 0.00000800. The number of hydrogen-bond acceptors (Lipinski definition) is 8. The van der Waals surface area contributed by atoms with Crippen LogP contribution < -0.4 is 50.0 Å². The van der Waals surface area contributed by atoms with Gasteiger partial charge in [0.2, 0.25) is 0 Å². The first-order valence-electron chi connectivity index (χ1n) is 26.8. The molecule has 0 radical (unpaired) electrons. The van der Waals surface area contributed by atoms with Crippen LogP contribution in [0.2, 0.25) is 10.0 Å². The number of hydrogen-bond donors (Lipinski definition) is 6. The summed E-state index contributed by atoms with van der Waals surface area (Å²) in [6, 6.07) is 19.1. The topological polar surface area (TPSA) is 174 Å². The minimum Gasteiger partial charge on any atom is -0.486 e. The molecule has 4 aliphatic rings. The number of carbonyl (C=O) groups is 2. The van der Waals surface area contributed by atoms with Gasteiger partial charge in [0, 0.05) is 0 Å². The summed E-state index contributed by atoms with van der Waals surface area (Å²) >= 11 is 13.9. The smallest absolute Gasteiger partial charge is 0.486 e. The summed E-state index contributed by atoms with van der Waals surface area (Å²) < 4.78 is 12.0. The van der Waals surface area contributed by atoms with E-state index in [1.165, 1.54) is 82.8 Å². The second kappa shape index (κ2) is 25.0. The fourth-order valence-electron chi connectivity index (χ4n) is 14.6. The first kappa shape index (κ1) is 58.4. The van der Waals surface area contributed by atoms with Crippen molar-refractivity contribution in [2.24, 2.45) is 58.2 Å². The third kappa shape index (κ3) is 12.8. The van der Waals surface area contributed by atoms with Crippen LogP contribution in [0.1, 0.15) is 167 Å². The van der Waals surface area contributed by atoms with Gasteiger partial charge in [-0.05, 0) is 192 Å². The zero-order valence-electron chi connectivity index (χ0n) is 44.2. The Morgan fingerprint density at radius 1 is 0.703 bits per heavy atom. The van der Waals surface area contributed by atoms with E-state index in [0.717, 1.165) is 48.3 Å². The second-order valence-corrected chi connectivity index (χ2v) is 23.9. The van der Waals surface area contributed by atoms with Gasteiger partial charge in [0.25, 0.3) is 0 Å². The fourth-order valence-corrected chi connectivity index (χ4v) is 15.2. The van der Waals surface area contributed by atoms with Crippen molar-refractivity contribution in [3.05, 3.63) is 122 Å². The minimum absolute atomic E-state index is 0. The van der Waals surface area contributed by atoms with Crippen molar-refractivity contribution in [1.82, 2.24) is 0 Å². The van der Waals surface area contributed by atoms with Crippen LogP contribution in [0.25, 0.3) is 5.57 Å². The number of carboxylic acid groups (broad SMARTS) is 2. The summed E-state index contributed by atoms with van der Waals surface area (Å²) in [5.74, 6) is 3.32. The molecule has 4 fully saturated rings. The molecular formula is C59H74B2Cl2NaO10+. The molecule has 0 saturated heterocycles. The van der Waals surface area contributed by atoms with Crippen LogP contribution in [0, 0.1) is 58.2 Å². The van der Waals surface area contributed by atoms with E-state index >= 15 is 0 Å². The van der Waals surface area contributed by atoms with E-state index in [1.807, 2.05) is 6.08 Å². The predicted octanol–water partition coefficient (Wildman–Crippen LogP) is 8.86. The Labute approximate surface area is 471 Å². The number of allylic oxidation sites excluding steroid dienone is 1. The van der Waals surface area contributed by atoms with E-state index in [9.17, 15) is 39.9 Å². The number of ether oxygens (including phenoxy) is 2. The minimum atomic E-state index is -1.69. The zero-order valence-corrected chi connectivity index (χ0v) is 47.7. The molecule has 15 heteroatoms. The summed E-state index contributed by atoms with van der Waals surface area (Å²) in [7, 11) is -3.38. The fraction of sp³-hybridized carbons (Fsp3) is 0.525. The van der Waals surface area contributed by atoms with Crippen LogP contribution >= 0.6 is 23.2 Å². The van der Waals surface area contributed by atoms with E-state index in [1.54, 1.807) is 60.7 Å². The molecule has 4 aliphatic carbocycles. The Hall–Kier alpha value is -3.29. The van der Waals surface area contributed by atoms with Crippen LogP contribution in [0.3, 0.4) is 0 Å². The van der Waals surface area contributed by atoms with Crippen molar-refractivity contribution >= 4 is 65.9 Å². The van der Waals surface area contributed by atoms with Crippen molar-refractivity contribution in [2.45, 2.75) is 138 Å². The van der Waals surface area contributed by atoms with Gasteiger partial charge >= 0.3 is 55.7 Å². The van der Waals surface area contributed by atoms with E-state index in [-0.39, 0.29) is 86.4 Å². The van der Waals surface area contributed by atoms with E-state index in [2.05, 4.69) is 34.6 Å². The molecule has 4 saturated carbocycles. The standard InChI is InChI=1S/C59H74B2Cl2O10.Na/c1-35(2)10-6-11-36(3)49-20-21-50-46-19-18-42-26-37(22-24-58(42,4)51(46)23-25-59(49,50)5)12-9-17-45(40-29-47(56(64)65)54(52(62)31-40)72-33-38-13-7-15-43(27-38)60(68)69)41-30-48(57(66)67)55(53(63)32-41)73-34-39-14-8-16-44(28-39)61(70)71;/h7-8,13-17,27-32,35-37,42,46,49-51,68-71H,6,9-12,18-26,33-34H2,1-5H3,(H,64,65)(H,66,67);/q;+1/t36?,37-,42-,46-,49+,50-,51-,58-,59+;/m0./s1. The molecule has 0 amide bonds. The van der Waals surface area contributed by atoms with E-state index in [0.29, 0.717) is 56.9 Å². The Kier molecular flexibility index (Phi) is 19.7. The molecule has 0 spiro atoms. The molecule has 74 heavy (non-hydrogen) atoms. The van der Waals surface area contributed by atoms with Crippen molar-refractivity contribution in [2.75, 3.05) is 0 Å². The summed E-state index contributed by atoms with van der Waals surface area (Å²) in [6.07, 6.45) is 19.3. The molecule has 10 nitrogen and oxygen atoms in total. The van der Waals surface area contributed by atoms with Crippen molar-refractivity contribution in [3.63, 3.8) is 0 Å². The molecule has 0 aliphatic heterocycles. The van der Waals surface area contributed by atoms with Crippen LogP contribution in [0.15, 0.2) is 78.9 Å². The predicted molar refractivity (Wildman–Crippen MR) is 291 cm³/mol. The third-order valence-electron chi connectivity index (χ3n) is 18.3. The number of rotatable bonds is 20. The SMILES string of the molecule is CC(C)CCCC(C)[C@H]1CC[C@H]2[C@@H]3CC[C@H]4C[C@@H](CCC=C(c5cc(Cl)c(OCc6cccc(B(O)O)c6)c(C(=O)O)c5)c5cc(Cl)c(OCc6cccc(B(O)O)c6)c(C(=O)O)c5)CC[C@]4(C)[C@H]3CC[C@]12C.[Na+]. The molecular weight excluding hydrogens is 984 g/mol. The number of halogens is 2. The van der Waals surface area contributed by atoms with Crippen LogP contribution in [0.5, 0.6) is 11.5 Å². The van der Waals surface area contributed by atoms with Gasteiger partial charge < -0.3 is 39.8 Å². The van der Waals surface area contributed by atoms with Crippen LogP contribution in [-0.2, 0) is 13.2 Å². The number of carboxylic acids is 2. The Morgan fingerprint density at radius 2 is 1.24 bits per heavy atom. The van der Waals surface area contributed by atoms with Crippen molar-refractivity contribution in [1.29, 1.82) is 0 Å². The summed E-state index contributed by atoms with van der Waals surface area (Å²) in [5.41, 5.74) is 3.44. The molecule has 0 aromatic heterocycles. The van der Waals surface area contributed by atoms with Gasteiger partial charge in [-0.2, -0.15) is 0 Å². The third-order valence-corrected chi connectivity index (χ3v) is 18.9. The molecule has 0 heterocycles. The molecule has 4 aromatic rings. The van der Waals surface area contributed by atoms with Gasteiger partial charge in [-0.3, -0.25) is 0 Å². The number of benzene rings is 4. The van der Waals surface area contributed by atoms with Crippen LogP contribution in [0.4, 0.5) is 0 Å². The average Bonchev–Trinajstić information content (AvgIpc) is 3.71. The van der Waals surface area contributed by atoms with Gasteiger partial charge in [-0.1, -0.05) is 132 Å². The molecule has 390 valence electrons. The maximum atomic E-state index is 13.0. The summed E-state index contributed by atoms with van der Waals surface area (Å²) in [5, 5.41) is 60.0. The van der Waals surface area contributed by atoms with Crippen molar-refractivity contribution < 1.29 is 78.9 Å². The monoisotopic (exact) mass is 1060 g/mol. The Morgan fingerprint density at radius 3 is 1.77 bits per heavy atom. The number of aromatic carboxylic acids is 2. The Bertz CT molecular complexity index is 2540. The maximum absolute atomic E-state index is 13.0.